The first-order valence-electron chi connectivity index (χ1n) is 4.55. The Morgan fingerprint density at radius 2 is 2.38 bits per heavy atom. The lowest BCUT2D eigenvalue weighted by atomic mass is 10.1. The van der Waals surface area contributed by atoms with E-state index in [9.17, 15) is 0 Å². The summed E-state index contributed by atoms with van der Waals surface area (Å²) in [4.78, 5) is 6.56. The summed E-state index contributed by atoms with van der Waals surface area (Å²) in [6, 6.07) is 2.08. The van der Waals surface area contributed by atoms with Crippen molar-refractivity contribution in [2.75, 3.05) is 25.6 Å². The summed E-state index contributed by atoms with van der Waals surface area (Å²) in [6.45, 7) is 1.10. The maximum absolute atomic E-state index is 5.13. The Kier molecular flexibility index (Phi) is 2.08. The number of fused-ring (bicyclic) bond motifs is 1. The van der Waals surface area contributed by atoms with E-state index in [4.69, 9.17) is 4.74 Å². The molecule has 0 N–H and O–H groups in total. The van der Waals surface area contributed by atoms with Gasteiger partial charge in [0, 0.05) is 13.6 Å². The number of nitrogens with zero attached hydrogens (tertiary/aromatic N) is 2. The lowest BCUT2D eigenvalue weighted by molar-refractivity contribution is 0.412. The van der Waals surface area contributed by atoms with Gasteiger partial charge in [0.25, 0.3) is 0 Å². The molecule has 0 saturated carbocycles. The second kappa shape index (κ2) is 3.24. The first-order valence-corrected chi connectivity index (χ1v) is 4.55. The third kappa shape index (κ3) is 1.46. The number of anilines is 1. The number of pyridine rings is 1. The number of methoxy groups -OCH3 is 1. The molecule has 0 fully saturated rings. The summed E-state index contributed by atoms with van der Waals surface area (Å²) >= 11 is 0. The molecular formula is C10H14N2O. The molecule has 2 rings (SSSR count). The summed E-state index contributed by atoms with van der Waals surface area (Å²) in [7, 11) is 3.76. The average molecular weight is 178 g/mol. The first kappa shape index (κ1) is 8.35. The first-order chi connectivity index (χ1) is 6.31. The van der Waals surface area contributed by atoms with Gasteiger partial charge >= 0.3 is 0 Å². The standard InChI is InChI=1S/C10H14N2O/c1-12-5-3-4-8-6-9(13-2)7-11-10(8)12/h6-7H,3-5H2,1-2H3. The Hall–Kier alpha value is -1.25. The zero-order chi connectivity index (χ0) is 9.26. The van der Waals surface area contributed by atoms with E-state index in [1.807, 2.05) is 0 Å². The summed E-state index contributed by atoms with van der Waals surface area (Å²) < 4.78 is 5.13. The fourth-order valence-electron chi connectivity index (χ4n) is 1.73. The molecule has 0 aromatic carbocycles. The molecule has 1 aromatic heterocycles. The predicted molar refractivity (Wildman–Crippen MR) is 52.4 cm³/mol. The third-order valence-corrected chi connectivity index (χ3v) is 2.45. The van der Waals surface area contributed by atoms with Gasteiger partial charge in [-0.2, -0.15) is 0 Å². The highest BCUT2D eigenvalue weighted by molar-refractivity contribution is 5.50. The normalized spacial score (nSPS) is 15.4. The molecule has 0 radical (unpaired) electrons. The van der Waals surface area contributed by atoms with Crippen LogP contribution in [-0.4, -0.2) is 25.7 Å². The van der Waals surface area contributed by atoms with Crippen molar-refractivity contribution < 1.29 is 4.74 Å². The number of hydrogen-bond donors (Lipinski definition) is 0. The number of rotatable bonds is 1. The molecule has 0 bridgehead atoms. The predicted octanol–water partition coefficient (Wildman–Crippen LogP) is 1.47. The van der Waals surface area contributed by atoms with Gasteiger partial charge < -0.3 is 9.64 Å². The van der Waals surface area contributed by atoms with Crippen LogP contribution in [0.1, 0.15) is 12.0 Å². The van der Waals surface area contributed by atoms with Crippen LogP contribution in [0.25, 0.3) is 0 Å². The molecule has 0 amide bonds. The van der Waals surface area contributed by atoms with E-state index in [-0.39, 0.29) is 0 Å². The molecule has 0 aliphatic carbocycles. The average Bonchev–Trinajstić information content (AvgIpc) is 2.18. The summed E-state index contributed by atoms with van der Waals surface area (Å²) in [5.41, 5.74) is 1.30. The monoisotopic (exact) mass is 178 g/mol. The molecule has 0 spiro atoms. The number of hydrogen-bond acceptors (Lipinski definition) is 3. The Bertz CT molecular complexity index is 312. The van der Waals surface area contributed by atoms with Crippen molar-refractivity contribution in [3.05, 3.63) is 17.8 Å². The van der Waals surface area contributed by atoms with Crippen LogP contribution < -0.4 is 9.64 Å². The molecule has 3 heteroatoms. The van der Waals surface area contributed by atoms with Crippen molar-refractivity contribution in [2.24, 2.45) is 0 Å². The molecule has 2 heterocycles. The molecule has 1 aliphatic rings. The van der Waals surface area contributed by atoms with Crippen LogP contribution in [0.3, 0.4) is 0 Å². The molecule has 1 aromatic rings. The smallest absolute Gasteiger partial charge is 0.137 e. The topological polar surface area (TPSA) is 25.4 Å². The molecular weight excluding hydrogens is 164 g/mol. The maximum Gasteiger partial charge on any atom is 0.137 e. The second-order valence-corrected chi connectivity index (χ2v) is 3.38. The number of aromatic nitrogens is 1. The Balaban J connectivity index is 2.39. The van der Waals surface area contributed by atoms with E-state index in [2.05, 4.69) is 23.0 Å². The van der Waals surface area contributed by atoms with Gasteiger partial charge in [-0.1, -0.05) is 0 Å². The Morgan fingerprint density at radius 1 is 1.54 bits per heavy atom. The molecule has 0 unspecified atom stereocenters. The minimum absolute atomic E-state index is 0.856. The molecule has 0 atom stereocenters. The fourth-order valence-corrected chi connectivity index (χ4v) is 1.73. The zero-order valence-corrected chi connectivity index (χ0v) is 8.08. The lowest BCUT2D eigenvalue weighted by Crippen LogP contribution is -2.25. The Labute approximate surface area is 78.3 Å². The third-order valence-electron chi connectivity index (χ3n) is 2.45. The van der Waals surface area contributed by atoms with E-state index in [1.54, 1.807) is 13.3 Å². The van der Waals surface area contributed by atoms with Crippen molar-refractivity contribution in [2.45, 2.75) is 12.8 Å². The molecule has 70 valence electrons. The van der Waals surface area contributed by atoms with Crippen LogP contribution in [0.15, 0.2) is 12.3 Å². The molecule has 1 aliphatic heterocycles. The molecule has 3 nitrogen and oxygen atoms in total. The van der Waals surface area contributed by atoms with E-state index in [1.165, 1.54) is 12.0 Å². The van der Waals surface area contributed by atoms with E-state index in [0.29, 0.717) is 0 Å². The van der Waals surface area contributed by atoms with Crippen molar-refractivity contribution >= 4 is 5.82 Å². The van der Waals surface area contributed by atoms with Gasteiger partial charge in [0.2, 0.25) is 0 Å². The van der Waals surface area contributed by atoms with Crippen LogP contribution in [0.4, 0.5) is 5.82 Å². The van der Waals surface area contributed by atoms with Crippen LogP contribution >= 0.6 is 0 Å². The summed E-state index contributed by atoms with van der Waals surface area (Å²) in [5.74, 6) is 1.96. The van der Waals surface area contributed by atoms with E-state index in [0.717, 1.165) is 24.5 Å². The van der Waals surface area contributed by atoms with Crippen LogP contribution in [-0.2, 0) is 6.42 Å². The van der Waals surface area contributed by atoms with E-state index < -0.39 is 0 Å². The van der Waals surface area contributed by atoms with Crippen molar-refractivity contribution in [3.63, 3.8) is 0 Å². The highest BCUT2D eigenvalue weighted by atomic mass is 16.5. The van der Waals surface area contributed by atoms with Gasteiger partial charge in [-0.05, 0) is 24.5 Å². The zero-order valence-electron chi connectivity index (χ0n) is 8.08. The largest absolute Gasteiger partial charge is 0.495 e. The van der Waals surface area contributed by atoms with Gasteiger partial charge in [-0.25, -0.2) is 4.98 Å². The molecule has 0 saturated heterocycles. The SMILES string of the molecule is COc1cnc2c(c1)CCCN2C. The fraction of sp³-hybridized carbons (Fsp3) is 0.500. The van der Waals surface area contributed by atoms with Gasteiger partial charge in [0.15, 0.2) is 0 Å². The van der Waals surface area contributed by atoms with Crippen LogP contribution in [0.2, 0.25) is 0 Å². The number of aryl methyl sites for hydroxylation is 1. The summed E-state index contributed by atoms with van der Waals surface area (Å²) in [5, 5.41) is 0. The lowest BCUT2D eigenvalue weighted by Gasteiger charge is -2.26. The highest BCUT2D eigenvalue weighted by Crippen LogP contribution is 2.26. The number of ether oxygens (including phenoxy) is 1. The van der Waals surface area contributed by atoms with Crippen LogP contribution in [0, 0.1) is 0 Å². The quantitative estimate of drug-likeness (QED) is 0.651. The van der Waals surface area contributed by atoms with Gasteiger partial charge in [0.05, 0.1) is 13.3 Å². The van der Waals surface area contributed by atoms with Crippen molar-refractivity contribution in [3.8, 4) is 5.75 Å². The minimum Gasteiger partial charge on any atom is -0.495 e. The highest BCUT2D eigenvalue weighted by Gasteiger charge is 2.14. The molecule has 13 heavy (non-hydrogen) atoms. The van der Waals surface area contributed by atoms with Crippen molar-refractivity contribution in [1.29, 1.82) is 0 Å². The second-order valence-electron chi connectivity index (χ2n) is 3.38. The van der Waals surface area contributed by atoms with Gasteiger partial charge in [0.1, 0.15) is 11.6 Å². The van der Waals surface area contributed by atoms with E-state index >= 15 is 0 Å². The summed E-state index contributed by atoms with van der Waals surface area (Å²) in [6.07, 6.45) is 4.10. The van der Waals surface area contributed by atoms with Gasteiger partial charge in [-0.15, -0.1) is 0 Å². The van der Waals surface area contributed by atoms with Crippen molar-refractivity contribution in [1.82, 2.24) is 4.98 Å². The van der Waals surface area contributed by atoms with Crippen LogP contribution in [0.5, 0.6) is 5.75 Å². The maximum atomic E-state index is 5.13. The van der Waals surface area contributed by atoms with Gasteiger partial charge in [-0.3, -0.25) is 0 Å². The Morgan fingerprint density at radius 3 is 3.15 bits per heavy atom. The minimum atomic E-state index is 0.856.